The molecule has 0 radical (unpaired) electrons. The average Bonchev–Trinajstić information content (AvgIpc) is 3.03. The molecule has 1 aromatic carbocycles. The number of hydrogen-bond acceptors (Lipinski definition) is 2. The first-order valence-electron chi connectivity index (χ1n) is 8.57. The van der Waals surface area contributed by atoms with Crippen LogP contribution >= 0.6 is 0 Å². The highest BCUT2D eigenvalue weighted by molar-refractivity contribution is 5.95. The third-order valence-electron chi connectivity index (χ3n) is 4.79. The van der Waals surface area contributed by atoms with E-state index in [0.717, 1.165) is 50.0 Å². The monoisotopic (exact) mass is 311 g/mol. The van der Waals surface area contributed by atoms with Crippen molar-refractivity contribution in [1.82, 2.24) is 15.1 Å². The van der Waals surface area contributed by atoms with Crippen molar-refractivity contribution in [2.45, 2.75) is 45.4 Å². The van der Waals surface area contributed by atoms with Crippen LogP contribution in [0.1, 0.15) is 59.3 Å². The van der Waals surface area contributed by atoms with E-state index >= 15 is 0 Å². The van der Waals surface area contributed by atoms with Crippen LogP contribution in [0.3, 0.4) is 0 Å². The maximum absolute atomic E-state index is 12.9. The Hall–Kier alpha value is -2.10. The number of benzene rings is 1. The Balaban J connectivity index is 1.77. The van der Waals surface area contributed by atoms with Crippen LogP contribution in [0.25, 0.3) is 0 Å². The summed E-state index contributed by atoms with van der Waals surface area (Å²) in [6.07, 6.45) is 5.78. The van der Waals surface area contributed by atoms with Gasteiger partial charge in [0.15, 0.2) is 0 Å². The summed E-state index contributed by atoms with van der Waals surface area (Å²) >= 11 is 0. The maximum Gasteiger partial charge on any atom is 0.257 e. The van der Waals surface area contributed by atoms with E-state index in [4.69, 9.17) is 0 Å². The summed E-state index contributed by atoms with van der Waals surface area (Å²) in [6.45, 7) is 5.92. The molecular weight excluding hydrogens is 286 g/mol. The van der Waals surface area contributed by atoms with Gasteiger partial charge in [0.25, 0.3) is 5.91 Å². The predicted octanol–water partition coefficient (Wildman–Crippen LogP) is 3.69. The highest BCUT2D eigenvalue weighted by atomic mass is 16.2. The van der Waals surface area contributed by atoms with E-state index in [0.29, 0.717) is 5.92 Å². The lowest BCUT2D eigenvalue weighted by atomic mass is 9.88. The number of rotatable bonds is 4. The fraction of sp³-hybridized carbons (Fsp3) is 0.474. The van der Waals surface area contributed by atoms with E-state index in [1.54, 1.807) is 6.20 Å². The number of amides is 1. The number of aromatic nitrogens is 2. The molecular formula is C19H25N3O. The van der Waals surface area contributed by atoms with Crippen LogP contribution in [0.15, 0.2) is 30.5 Å². The van der Waals surface area contributed by atoms with E-state index in [2.05, 4.69) is 48.3 Å². The van der Waals surface area contributed by atoms with Crippen LogP contribution < -0.4 is 0 Å². The number of carbonyl (C=O) groups excluding carboxylic acids is 1. The lowest BCUT2D eigenvalue weighted by Gasteiger charge is -2.33. The van der Waals surface area contributed by atoms with Gasteiger partial charge in [-0.2, -0.15) is 5.10 Å². The molecule has 1 fully saturated rings. The Morgan fingerprint density at radius 2 is 2.22 bits per heavy atom. The molecule has 2 aromatic rings. The number of nitrogens with zero attached hydrogens (tertiary/aromatic N) is 2. The first-order valence-corrected chi connectivity index (χ1v) is 8.57. The Morgan fingerprint density at radius 3 is 3.00 bits per heavy atom. The summed E-state index contributed by atoms with van der Waals surface area (Å²) in [5.74, 6) is 0.566. The molecule has 1 N–H and O–H groups in total. The summed E-state index contributed by atoms with van der Waals surface area (Å²) < 4.78 is 0. The summed E-state index contributed by atoms with van der Waals surface area (Å²) in [5.41, 5.74) is 4.42. The molecule has 4 heteroatoms. The normalized spacial score (nSPS) is 18.2. The van der Waals surface area contributed by atoms with E-state index < -0.39 is 0 Å². The second-order valence-electron chi connectivity index (χ2n) is 6.46. The Labute approximate surface area is 137 Å². The van der Waals surface area contributed by atoms with Crippen LogP contribution in [0, 0.1) is 6.92 Å². The van der Waals surface area contributed by atoms with Gasteiger partial charge in [0.05, 0.1) is 11.8 Å². The second kappa shape index (κ2) is 6.99. The van der Waals surface area contributed by atoms with Gasteiger partial charge in [0.1, 0.15) is 0 Å². The molecule has 3 rings (SSSR count). The topological polar surface area (TPSA) is 49.0 Å². The Kier molecular flexibility index (Phi) is 4.79. The molecule has 1 aliphatic heterocycles. The van der Waals surface area contributed by atoms with Gasteiger partial charge in [0, 0.05) is 24.7 Å². The quantitative estimate of drug-likeness (QED) is 0.936. The number of likely N-dealkylation sites (tertiary alicyclic amines) is 1. The molecule has 1 aromatic heterocycles. The molecule has 1 amide bonds. The third kappa shape index (κ3) is 3.31. The van der Waals surface area contributed by atoms with Crippen LogP contribution in [0.4, 0.5) is 0 Å². The number of aromatic amines is 1. The number of H-pyrrole nitrogens is 1. The smallest absolute Gasteiger partial charge is 0.257 e. The highest BCUT2D eigenvalue weighted by Gasteiger charge is 2.27. The first kappa shape index (κ1) is 15.8. The van der Waals surface area contributed by atoms with Gasteiger partial charge in [0.2, 0.25) is 0 Å². The summed E-state index contributed by atoms with van der Waals surface area (Å²) in [5, 5.41) is 7.06. The molecule has 1 aliphatic rings. The lowest BCUT2D eigenvalue weighted by molar-refractivity contribution is 0.0706. The average molecular weight is 311 g/mol. The van der Waals surface area contributed by atoms with Crippen molar-refractivity contribution >= 4 is 5.91 Å². The SMILES string of the molecule is CCCc1[nH]ncc1C(=O)N1CCC[C@@H](c2ccccc2C)C1. The molecule has 0 saturated carbocycles. The van der Waals surface area contributed by atoms with Crippen LogP contribution in [0.2, 0.25) is 0 Å². The van der Waals surface area contributed by atoms with Gasteiger partial charge in [-0.1, -0.05) is 37.6 Å². The van der Waals surface area contributed by atoms with Crippen molar-refractivity contribution in [3.8, 4) is 0 Å². The predicted molar refractivity (Wildman–Crippen MR) is 91.6 cm³/mol. The molecule has 122 valence electrons. The van der Waals surface area contributed by atoms with Gasteiger partial charge >= 0.3 is 0 Å². The summed E-state index contributed by atoms with van der Waals surface area (Å²) in [4.78, 5) is 14.9. The van der Waals surface area contributed by atoms with Crippen molar-refractivity contribution in [2.24, 2.45) is 0 Å². The molecule has 1 saturated heterocycles. The van der Waals surface area contributed by atoms with E-state index in [9.17, 15) is 4.79 Å². The van der Waals surface area contributed by atoms with Gasteiger partial charge < -0.3 is 4.90 Å². The zero-order valence-electron chi connectivity index (χ0n) is 14.0. The molecule has 0 bridgehead atoms. The fourth-order valence-electron chi connectivity index (χ4n) is 3.57. The third-order valence-corrected chi connectivity index (χ3v) is 4.79. The van der Waals surface area contributed by atoms with E-state index in [-0.39, 0.29) is 5.91 Å². The van der Waals surface area contributed by atoms with E-state index in [1.807, 2.05) is 4.90 Å². The number of aryl methyl sites for hydroxylation is 2. The molecule has 23 heavy (non-hydrogen) atoms. The highest BCUT2D eigenvalue weighted by Crippen LogP contribution is 2.30. The molecule has 0 unspecified atom stereocenters. The van der Waals surface area contributed by atoms with Crippen molar-refractivity contribution in [3.63, 3.8) is 0 Å². The maximum atomic E-state index is 12.9. The van der Waals surface area contributed by atoms with Crippen molar-refractivity contribution in [2.75, 3.05) is 13.1 Å². The molecule has 0 aliphatic carbocycles. The Bertz CT molecular complexity index is 677. The zero-order valence-corrected chi connectivity index (χ0v) is 14.0. The minimum Gasteiger partial charge on any atom is -0.338 e. The minimum atomic E-state index is 0.125. The van der Waals surface area contributed by atoms with Crippen LogP contribution in [-0.2, 0) is 6.42 Å². The van der Waals surface area contributed by atoms with Gasteiger partial charge in [-0.25, -0.2) is 0 Å². The molecule has 4 nitrogen and oxygen atoms in total. The minimum absolute atomic E-state index is 0.125. The van der Waals surface area contributed by atoms with Gasteiger partial charge in [-0.3, -0.25) is 9.89 Å². The first-order chi connectivity index (χ1) is 11.2. The van der Waals surface area contributed by atoms with E-state index in [1.165, 1.54) is 11.1 Å². The number of nitrogens with one attached hydrogen (secondary N) is 1. The molecule has 1 atom stereocenters. The molecule has 0 spiro atoms. The summed E-state index contributed by atoms with van der Waals surface area (Å²) in [6, 6.07) is 8.53. The molecule has 2 heterocycles. The zero-order chi connectivity index (χ0) is 16.2. The van der Waals surface area contributed by atoms with Gasteiger partial charge in [-0.15, -0.1) is 0 Å². The second-order valence-corrected chi connectivity index (χ2v) is 6.46. The fourth-order valence-corrected chi connectivity index (χ4v) is 3.57. The largest absolute Gasteiger partial charge is 0.338 e. The summed E-state index contributed by atoms with van der Waals surface area (Å²) in [7, 11) is 0. The number of piperidine rings is 1. The number of hydrogen-bond donors (Lipinski definition) is 1. The Morgan fingerprint density at radius 1 is 1.39 bits per heavy atom. The van der Waals surface area contributed by atoms with Crippen LogP contribution in [-0.4, -0.2) is 34.1 Å². The van der Waals surface area contributed by atoms with Crippen molar-refractivity contribution < 1.29 is 4.79 Å². The number of carbonyl (C=O) groups is 1. The van der Waals surface area contributed by atoms with Crippen LogP contribution in [0.5, 0.6) is 0 Å². The lowest BCUT2D eigenvalue weighted by Crippen LogP contribution is -2.39. The van der Waals surface area contributed by atoms with Crippen molar-refractivity contribution in [1.29, 1.82) is 0 Å². The van der Waals surface area contributed by atoms with Gasteiger partial charge in [-0.05, 0) is 37.3 Å². The van der Waals surface area contributed by atoms with Crippen molar-refractivity contribution in [3.05, 3.63) is 52.8 Å². The standard InChI is InChI=1S/C19H25N3O/c1-3-7-18-17(12-20-21-18)19(23)22-11-6-9-15(13-22)16-10-5-4-8-14(16)2/h4-5,8,10,12,15H,3,6-7,9,11,13H2,1-2H3,(H,20,21)/t15-/m1/s1.